The lowest BCUT2D eigenvalue weighted by Gasteiger charge is -2.46. The Hall–Kier alpha value is -1.90. The highest BCUT2D eigenvalue weighted by Gasteiger charge is 2.42. The molecule has 0 radical (unpaired) electrons. The van der Waals surface area contributed by atoms with Crippen LogP contribution in [0, 0.1) is 0 Å². The first-order valence-corrected chi connectivity index (χ1v) is 10.7. The molecule has 2 aliphatic rings. The number of methoxy groups -OCH3 is 2. The lowest BCUT2D eigenvalue weighted by molar-refractivity contribution is -0.156. The number of hydrogen-bond acceptors (Lipinski definition) is 7. The minimum absolute atomic E-state index is 0.0775. The van der Waals surface area contributed by atoms with Crippen LogP contribution in [0.15, 0.2) is 12.1 Å². The lowest BCUT2D eigenvalue weighted by atomic mass is 9.83. The predicted molar refractivity (Wildman–Crippen MR) is 111 cm³/mol. The van der Waals surface area contributed by atoms with E-state index in [1.807, 2.05) is 18.7 Å². The maximum Gasteiger partial charge on any atom is 0.259 e. The summed E-state index contributed by atoms with van der Waals surface area (Å²) in [7, 11) is 3.04. The average Bonchev–Trinajstić information content (AvgIpc) is 2.76. The molecule has 168 valence electrons. The molecule has 3 heterocycles. The average molecular weight is 423 g/mol. The Labute approximate surface area is 178 Å². The van der Waals surface area contributed by atoms with Crippen molar-refractivity contribution >= 4 is 5.91 Å². The molecule has 0 bridgehead atoms. The number of rotatable bonds is 8. The summed E-state index contributed by atoms with van der Waals surface area (Å²) in [6.45, 7) is 7.23. The molecule has 1 aromatic heterocycles. The number of hydrogen-bond donors (Lipinski definition) is 0. The molecule has 2 aliphatic heterocycles. The highest BCUT2D eigenvalue weighted by Crippen LogP contribution is 2.36. The highest BCUT2D eigenvalue weighted by molar-refractivity contribution is 5.96. The Morgan fingerprint density at radius 2 is 2.00 bits per heavy atom. The van der Waals surface area contributed by atoms with Crippen molar-refractivity contribution in [2.45, 2.75) is 57.3 Å². The molecule has 1 aromatic rings. The SMILES string of the molecule is COc1ccc(C(=O)N2CCC3(CC2)CC(OCCOC(C)C)CCO3)c(OC)n1. The zero-order valence-corrected chi connectivity index (χ0v) is 18.5. The fourth-order valence-corrected chi connectivity index (χ4v) is 4.12. The van der Waals surface area contributed by atoms with Gasteiger partial charge in [-0.15, -0.1) is 0 Å². The third-order valence-electron chi connectivity index (χ3n) is 5.77. The molecule has 1 spiro atoms. The number of carbonyl (C=O) groups is 1. The Morgan fingerprint density at radius 1 is 1.23 bits per heavy atom. The van der Waals surface area contributed by atoms with Gasteiger partial charge in [0.1, 0.15) is 5.56 Å². The summed E-state index contributed by atoms with van der Waals surface area (Å²) in [6, 6.07) is 3.38. The smallest absolute Gasteiger partial charge is 0.259 e. The van der Waals surface area contributed by atoms with Crippen LogP contribution in [-0.4, -0.2) is 80.7 Å². The van der Waals surface area contributed by atoms with Crippen molar-refractivity contribution in [3.05, 3.63) is 17.7 Å². The third kappa shape index (κ3) is 5.62. The van der Waals surface area contributed by atoms with Crippen LogP contribution < -0.4 is 9.47 Å². The van der Waals surface area contributed by atoms with Crippen molar-refractivity contribution in [1.82, 2.24) is 9.88 Å². The van der Waals surface area contributed by atoms with Crippen LogP contribution in [-0.2, 0) is 14.2 Å². The second-order valence-electron chi connectivity index (χ2n) is 8.14. The number of ether oxygens (including phenoxy) is 5. The van der Waals surface area contributed by atoms with Crippen LogP contribution in [0.25, 0.3) is 0 Å². The maximum absolute atomic E-state index is 13.0. The quantitative estimate of drug-likeness (QED) is 0.596. The van der Waals surface area contributed by atoms with Crippen LogP contribution in [0.5, 0.6) is 11.8 Å². The summed E-state index contributed by atoms with van der Waals surface area (Å²) in [5, 5.41) is 0. The van der Waals surface area contributed by atoms with Crippen molar-refractivity contribution in [3.63, 3.8) is 0 Å². The van der Waals surface area contributed by atoms with Crippen LogP contribution in [0.4, 0.5) is 0 Å². The molecule has 0 aromatic carbocycles. The summed E-state index contributed by atoms with van der Waals surface area (Å²) in [4.78, 5) is 19.1. The monoisotopic (exact) mass is 422 g/mol. The summed E-state index contributed by atoms with van der Waals surface area (Å²) in [5.41, 5.74) is 0.242. The van der Waals surface area contributed by atoms with E-state index in [1.165, 1.54) is 14.2 Å². The minimum Gasteiger partial charge on any atom is -0.481 e. The van der Waals surface area contributed by atoms with Crippen LogP contribution in [0.2, 0.25) is 0 Å². The Kier molecular flexibility index (Phi) is 7.91. The number of likely N-dealkylation sites (tertiary alicyclic amines) is 1. The Bertz CT molecular complexity index is 703. The van der Waals surface area contributed by atoms with Crippen molar-refractivity contribution in [2.24, 2.45) is 0 Å². The van der Waals surface area contributed by atoms with Crippen molar-refractivity contribution in [3.8, 4) is 11.8 Å². The van der Waals surface area contributed by atoms with E-state index < -0.39 is 0 Å². The van der Waals surface area contributed by atoms with Gasteiger partial charge in [-0.05, 0) is 39.2 Å². The van der Waals surface area contributed by atoms with E-state index >= 15 is 0 Å². The van der Waals surface area contributed by atoms with Crippen LogP contribution in [0.1, 0.15) is 49.9 Å². The number of carbonyl (C=O) groups excluding carboxylic acids is 1. The summed E-state index contributed by atoms with van der Waals surface area (Å²) >= 11 is 0. The van der Waals surface area contributed by atoms with Gasteiger partial charge in [0.15, 0.2) is 0 Å². The van der Waals surface area contributed by atoms with Gasteiger partial charge in [-0.25, -0.2) is 0 Å². The number of amides is 1. The molecule has 0 aliphatic carbocycles. The second-order valence-corrected chi connectivity index (χ2v) is 8.14. The van der Waals surface area contributed by atoms with E-state index in [-0.39, 0.29) is 29.6 Å². The standard InChI is InChI=1S/C22H34N2O6/c1-16(2)28-13-14-29-17-7-12-30-22(15-17)8-10-24(11-9-22)21(25)18-5-6-19(26-3)23-20(18)27-4/h5-6,16-17H,7-15H2,1-4H3. The van der Waals surface area contributed by atoms with Gasteiger partial charge in [0.2, 0.25) is 11.8 Å². The number of nitrogens with zero attached hydrogens (tertiary/aromatic N) is 2. The van der Waals surface area contributed by atoms with Gasteiger partial charge >= 0.3 is 0 Å². The topological polar surface area (TPSA) is 79.4 Å². The zero-order valence-electron chi connectivity index (χ0n) is 18.5. The fraction of sp³-hybridized carbons (Fsp3) is 0.727. The van der Waals surface area contributed by atoms with E-state index in [4.69, 9.17) is 23.7 Å². The first kappa shape index (κ1) is 22.8. The van der Waals surface area contributed by atoms with E-state index in [9.17, 15) is 4.79 Å². The molecule has 0 N–H and O–H groups in total. The predicted octanol–water partition coefficient (Wildman–Crippen LogP) is 2.69. The number of pyridine rings is 1. The molecule has 1 unspecified atom stereocenters. The zero-order chi connectivity index (χ0) is 21.6. The second kappa shape index (κ2) is 10.4. The molecule has 1 atom stereocenters. The van der Waals surface area contributed by atoms with Crippen molar-refractivity contribution < 1.29 is 28.5 Å². The molecule has 0 saturated carbocycles. The molecular weight excluding hydrogens is 388 g/mol. The molecular formula is C22H34N2O6. The summed E-state index contributed by atoms with van der Waals surface area (Å²) < 4.78 is 28.2. The van der Waals surface area contributed by atoms with Gasteiger partial charge in [0.25, 0.3) is 5.91 Å². The number of aromatic nitrogens is 1. The summed E-state index contributed by atoms with van der Waals surface area (Å²) in [5.74, 6) is 0.623. The highest BCUT2D eigenvalue weighted by atomic mass is 16.5. The molecule has 30 heavy (non-hydrogen) atoms. The molecule has 2 fully saturated rings. The molecule has 1 amide bonds. The van der Waals surface area contributed by atoms with Crippen LogP contribution >= 0.6 is 0 Å². The molecule has 2 saturated heterocycles. The van der Waals surface area contributed by atoms with E-state index in [0.717, 1.165) is 25.7 Å². The minimum atomic E-state index is -0.207. The Balaban J connectivity index is 1.54. The number of piperidine rings is 1. The lowest BCUT2D eigenvalue weighted by Crippen LogP contribution is -2.52. The van der Waals surface area contributed by atoms with E-state index in [1.54, 1.807) is 12.1 Å². The molecule has 3 rings (SSSR count). The van der Waals surface area contributed by atoms with Crippen molar-refractivity contribution in [1.29, 1.82) is 0 Å². The van der Waals surface area contributed by atoms with Gasteiger partial charge in [-0.1, -0.05) is 0 Å². The van der Waals surface area contributed by atoms with E-state index in [0.29, 0.717) is 44.4 Å². The van der Waals surface area contributed by atoms with E-state index in [2.05, 4.69) is 4.98 Å². The van der Waals surface area contributed by atoms with Crippen molar-refractivity contribution in [2.75, 3.05) is 47.1 Å². The largest absolute Gasteiger partial charge is 0.481 e. The Morgan fingerprint density at radius 3 is 2.67 bits per heavy atom. The summed E-state index contributed by atoms with van der Waals surface area (Å²) in [6.07, 6.45) is 3.77. The maximum atomic E-state index is 13.0. The normalized spacial score (nSPS) is 21.1. The first-order chi connectivity index (χ1) is 14.5. The van der Waals surface area contributed by atoms with Gasteiger partial charge in [0.05, 0.1) is 45.2 Å². The first-order valence-electron chi connectivity index (χ1n) is 10.7. The molecule has 8 heteroatoms. The fourth-order valence-electron chi connectivity index (χ4n) is 4.12. The van der Waals surface area contributed by atoms with Gasteiger partial charge in [-0.3, -0.25) is 4.79 Å². The van der Waals surface area contributed by atoms with Gasteiger partial charge in [-0.2, -0.15) is 4.98 Å². The third-order valence-corrected chi connectivity index (χ3v) is 5.77. The van der Waals surface area contributed by atoms with Crippen LogP contribution in [0.3, 0.4) is 0 Å². The van der Waals surface area contributed by atoms with Gasteiger partial charge in [0, 0.05) is 32.2 Å². The van der Waals surface area contributed by atoms with Gasteiger partial charge < -0.3 is 28.6 Å². The molecule has 8 nitrogen and oxygen atoms in total.